The Balaban J connectivity index is 1.19. The molecule has 0 unspecified atom stereocenters. The third-order valence-corrected chi connectivity index (χ3v) is 6.75. The van der Waals surface area contributed by atoms with E-state index >= 15 is 0 Å². The Morgan fingerprint density at radius 2 is 1.82 bits per heavy atom. The van der Waals surface area contributed by atoms with Gasteiger partial charge in [-0.05, 0) is 69.7 Å². The first-order valence-corrected chi connectivity index (χ1v) is 11.0. The molecule has 7 nitrogen and oxygen atoms in total. The number of fused-ring (bicyclic) bond motifs is 2. The maximum absolute atomic E-state index is 12.2. The number of aromatic nitrogens is 4. The minimum absolute atomic E-state index is 0.348. The third-order valence-electron chi connectivity index (χ3n) is 6.75. The lowest BCUT2D eigenvalue weighted by atomic mass is 9.96. The highest BCUT2D eigenvalue weighted by atomic mass is 16.2. The van der Waals surface area contributed by atoms with Gasteiger partial charge in [0.05, 0.1) is 5.69 Å². The van der Waals surface area contributed by atoms with E-state index in [2.05, 4.69) is 26.1 Å². The number of carbonyl (C=O) groups is 1. The maximum Gasteiger partial charge on any atom is 0.222 e. The van der Waals surface area contributed by atoms with Crippen molar-refractivity contribution in [3.05, 3.63) is 23.1 Å². The van der Waals surface area contributed by atoms with Crippen molar-refractivity contribution in [1.82, 2.24) is 29.6 Å². The van der Waals surface area contributed by atoms with Crippen LogP contribution in [0.25, 0.3) is 5.65 Å². The number of amides is 1. The molecule has 4 heterocycles. The second-order valence-electron chi connectivity index (χ2n) is 8.61. The highest BCUT2D eigenvalue weighted by Crippen LogP contribution is 2.28. The Hall–Kier alpha value is -2.02. The zero-order chi connectivity index (χ0) is 18.9. The summed E-state index contributed by atoms with van der Waals surface area (Å²) in [6, 6.07) is 2.18. The van der Waals surface area contributed by atoms with Crippen LogP contribution < -0.4 is 0 Å². The number of carbonyl (C=O) groups excluding carboxylic acids is 1. The van der Waals surface area contributed by atoms with Gasteiger partial charge in [0.15, 0.2) is 11.5 Å². The quantitative estimate of drug-likeness (QED) is 0.811. The summed E-state index contributed by atoms with van der Waals surface area (Å²) in [4.78, 5) is 16.8. The summed E-state index contributed by atoms with van der Waals surface area (Å²) in [7, 11) is 0. The molecule has 0 aromatic carbocycles. The highest BCUT2D eigenvalue weighted by Gasteiger charge is 2.27. The van der Waals surface area contributed by atoms with E-state index in [9.17, 15) is 4.79 Å². The average Bonchev–Trinajstić information content (AvgIpc) is 3.29. The lowest BCUT2D eigenvalue weighted by Crippen LogP contribution is -2.41. The van der Waals surface area contributed by atoms with Crippen LogP contribution in [0.5, 0.6) is 0 Å². The lowest BCUT2D eigenvalue weighted by molar-refractivity contribution is -0.130. The van der Waals surface area contributed by atoms with Crippen LogP contribution in [0.15, 0.2) is 6.07 Å². The maximum atomic E-state index is 12.2. The van der Waals surface area contributed by atoms with Gasteiger partial charge in [-0.2, -0.15) is 9.61 Å². The zero-order valence-electron chi connectivity index (χ0n) is 16.6. The second-order valence-corrected chi connectivity index (χ2v) is 8.61. The van der Waals surface area contributed by atoms with Gasteiger partial charge in [-0.15, -0.1) is 10.2 Å². The average molecular weight is 383 g/mol. The molecule has 5 rings (SSSR count). The smallest absolute Gasteiger partial charge is 0.222 e. The van der Waals surface area contributed by atoms with Crippen molar-refractivity contribution in [3.8, 4) is 0 Å². The molecule has 0 radical (unpaired) electrons. The molecule has 0 N–H and O–H groups in total. The van der Waals surface area contributed by atoms with Crippen LogP contribution in [0.3, 0.4) is 0 Å². The number of rotatable bonds is 4. The van der Waals surface area contributed by atoms with Gasteiger partial charge < -0.3 is 9.80 Å². The van der Waals surface area contributed by atoms with Crippen LogP contribution in [0.2, 0.25) is 0 Å². The SMILES string of the molecule is O=C1CCCCCN1CCN1CCC(c2nnc3cc4c(nn23)CCC4)CC1. The van der Waals surface area contributed by atoms with E-state index in [1.165, 1.54) is 24.1 Å². The zero-order valence-corrected chi connectivity index (χ0v) is 16.6. The Labute approximate surface area is 166 Å². The van der Waals surface area contributed by atoms with Crippen LogP contribution in [-0.2, 0) is 17.6 Å². The van der Waals surface area contributed by atoms with Crippen molar-refractivity contribution in [2.75, 3.05) is 32.7 Å². The van der Waals surface area contributed by atoms with Gasteiger partial charge in [0.25, 0.3) is 0 Å². The molecule has 7 heteroatoms. The molecule has 0 atom stereocenters. The van der Waals surface area contributed by atoms with Gasteiger partial charge in [0.1, 0.15) is 0 Å². The van der Waals surface area contributed by atoms with Crippen molar-refractivity contribution < 1.29 is 4.79 Å². The number of hydrogen-bond donors (Lipinski definition) is 0. The minimum atomic E-state index is 0.348. The van der Waals surface area contributed by atoms with Gasteiger partial charge in [0, 0.05) is 32.0 Å². The predicted octanol–water partition coefficient (Wildman–Crippen LogP) is 2.19. The molecule has 2 aromatic rings. The van der Waals surface area contributed by atoms with Crippen LogP contribution in [0, 0.1) is 0 Å². The van der Waals surface area contributed by atoms with Crippen molar-refractivity contribution in [1.29, 1.82) is 0 Å². The second kappa shape index (κ2) is 7.78. The summed E-state index contributed by atoms with van der Waals surface area (Å²) in [5.74, 6) is 1.81. The summed E-state index contributed by atoms with van der Waals surface area (Å²) < 4.78 is 2.00. The van der Waals surface area contributed by atoms with Gasteiger partial charge in [-0.25, -0.2) is 0 Å². The lowest BCUT2D eigenvalue weighted by Gasteiger charge is -2.32. The van der Waals surface area contributed by atoms with Crippen molar-refractivity contribution in [2.45, 2.75) is 63.7 Å². The predicted molar refractivity (Wildman–Crippen MR) is 106 cm³/mol. The van der Waals surface area contributed by atoms with Crippen LogP contribution in [-0.4, -0.2) is 68.2 Å². The Bertz CT molecular complexity index is 854. The number of hydrogen-bond acceptors (Lipinski definition) is 5. The standard InChI is InChI=1S/C21H30N6O/c28-20-7-2-1-3-10-26(20)14-13-25-11-8-16(9-12-25)21-23-22-19-15-17-5-4-6-18(17)24-27(19)21/h15-16H,1-14H2. The van der Waals surface area contributed by atoms with Crippen LogP contribution >= 0.6 is 0 Å². The number of piperidine rings is 1. The van der Waals surface area contributed by atoms with Crippen molar-refractivity contribution >= 4 is 11.6 Å². The number of aryl methyl sites for hydroxylation is 2. The van der Waals surface area contributed by atoms with E-state index in [0.717, 1.165) is 89.1 Å². The normalized spacial score (nSPS) is 22.0. The largest absolute Gasteiger partial charge is 0.341 e. The molecule has 1 aliphatic carbocycles. The molecule has 2 fully saturated rings. The molecule has 1 amide bonds. The van der Waals surface area contributed by atoms with Crippen molar-refractivity contribution in [2.24, 2.45) is 0 Å². The van der Waals surface area contributed by atoms with Gasteiger partial charge in [-0.1, -0.05) is 6.42 Å². The Morgan fingerprint density at radius 3 is 2.71 bits per heavy atom. The fourth-order valence-corrected chi connectivity index (χ4v) is 5.00. The molecule has 3 aliphatic rings. The first kappa shape index (κ1) is 18.0. The summed E-state index contributed by atoms with van der Waals surface area (Å²) in [6.07, 6.45) is 9.73. The van der Waals surface area contributed by atoms with Crippen LogP contribution in [0.1, 0.15) is 67.9 Å². The van der Waals surface area contributed by atoms with Crippen LogP contribution in [0.4, 0.5) is 0 Å². The van der Waals surface area contributed by atoms with E-state index in [0.29, 0.717) is 11.8 Å². The molecule has 28 heavy (non-hydrogen) atoms. The van der Waals surface area contributed by atoms with E-state index in [1.54, 1.807) is 0 Å². The van der Waals surface area contributed by atoms with E-state index in [4.69, 9.17) is 5.10 Å². The molecule has 2 saturated heterocycles. The monoisotopic (exact) mass is 382 g/mol. The molecule has 0 bridgehead atoms. The minimum Gasteiger partial charge on any atom is -0.341 e. The molecule has 2 aliphatic heterocycles. The highest BCUT2D eigenvalue weighted by molar-refractivity contribution is 5.76. The number of likely N-dealkylation sites (tertiary alicyclic amines) is 2. The number of nitrogens with zero attached hydrogens (tertiary/aromatic N) is 6. The third kappa shape index (κ3) is 3.52. The van der Waals surface area contributed by atoms with E-state index < -0.39 is 0 Å². The van der Waals surface area contributed by atoms with Gasteiger partial charge in [-0.3, -0.25) is 4.79 Å². The fraction of sp³-hybridized carbons (Fsp3) is 0.714. The molecular formula is C21H30N6O. The van der Waals surface area contributed by atoms with Crippen molar-refractivity contribution in [3.63, 3.8) is 0 Å². The summed E-state index contributed by atoms with van der Waals surface area (Å²) in [5.41, 5.74) is 3.48. The topological polar surface area (TPSA) is 66.6 Å². The first-order chi connectivity index (χ1) is 13.8. The Kier molecular flexibility index (Phi) is 5.01. The van der Waals surface area contributed by atoms with E-state index in [-0.39, 0.29) is 0 Å². The van der Waals surface area contributed by atoms with E-state index in [1.807, 2.05) is 4.52 Å². The summed E-state index contributed by atoms with van der Waals surface area (Å²) in [5, 5.41) is 13.8. The fourth-order valence-electron chi connectivity index (χ4n) is 5.00. The molecule has 0 saturated carbocycles. The molecule has 0 spiro atoms. The Morgan fingerprint density at radius 1 is 0.929 bits per heavy atom. The summed E-state index contributed by atoms with van der Waals surface area (Å²) >= 11 is 0. The molecule has 2 aromatic heterocycles. The molecule has 150 valence electrons. The first-order valence-electron chi connectivity index (χ1n) is 11.0. The van der Waals surface area contributed by atoms with Gasteiger partial charge >= 0.3 is 0 Å². The van der Waals surface area contributed by atoms with Gasteiger partial charge in [0.2, 0.25) is 5.91 Å². The molecular weight excluding hydrogens is 352 g/mol. The summed E-state index contributed by atoms with van der Waals surface area (Å²) in [6.45, 7) is 4.94.